The molecule has 0 radical (unpaired) electrons. The molecule has 0 aliphatic carbocycles. The number of anilines is 1. The van der Waals surface area contributed by atoms with Gasteiger partial charge in [0.15, 0.2) is 5.65 Å². The summed E-state index contributed by atoms with van der Waals surface area (Å²) in [5.41, 5.74) is 7.19. The Bertz CT molecular complexity index is 639. The van der Waals surface area contributed by atoms with Crippen LogP contribution < -0.4 is 5.73 Å². The molecule has 2 heterocycles. The fourth-order valence-corrected chi connectivity index (χ4v) is 2.49. The van der Waals surface area contributed by atoms with Gasteiger partial charge in [0.1, 0.15) is 11.6 Å². The van der Waals surface area contributed by atoms with Crippen LogP contribution in [0.5, 0.6) is 0 Å². The summed E-state index contributed by atoms with van der Waals surface area (Å²) in [5.74, 6) is 0.238. The Kier molecular flexibility index (Phi) is 4.27. The van der Waals surface area contributed by atoms with Crippen LogP contribution in [0.25, 0.3) is 11.2 Å². The van der Waals surface area contributed by atoms with Crippen molar-refractivity contribution in [2.45, 2.75) is 26.3 Å². The first kappa shape index (κ1) is 14.8. The molecule has 0 amide bonds. The van der Waals surface area contributed by atoms with E-state index in [0.717, 1.165) is 4.47 Å². The maximum atomic E-state index is 12.0. The van der Waals surface area contributed by atoms with E-state index in [1.165, 1.54) is 7.11 Å². The van der Waals surface area contributed by atoms with Crippen LogP contribution >= 0.6 is 15.9 Å². The number of halogens is 1. The molecule has 2 rings (SSSR count). The highest BCUT2D eigenvalue weighted by atomic mass is 79.9. The van der Waals surface area contributed by atoms with Crippen LogP contribution in [0.15, 0.2) is 16.7 Å². The van der Waals surface area contributed by atoms with E-state index in [9.17, 15) is 4.79 Å². The van der Waals surface area contributed by atoms with Crippen molar-refractivity contribution in [3.8, 4) is 0 Å². The van der Waals surface area contributed by atoms with Gasteiger partial charge in [-0.05, 0) is 34.3 Å². The molecule has 0 aliphatic heterocycles. The second-order valence-corrected chi connectivity index (χ2v) is 5.92. The zero-order chi connectivity index (χ0) is 14.9. The van der Waals surface area contributed by atoms with Crippen molar-refractivity contribution in [3.05, 3.63) is 16.7 Å². The Morgan fingerprint density at radius 3 is 2.85 bits per heavy atom. The fourth-order valence-electron chi connectivity index (χ4n) is 2.17. The van der Waals surface area contributed by atoms with Crippen LogP contribution in [0.1, 0.15) is 26.3 Å². The van der Waals surface area contributed by atoms with Crippen molar-refractivity contribution < 1.29 is 9.53 Å². The predicted octanol–water partition coefficient (Wildman–Crippen LogP) is 2.54. The van der Waals surface area contributed by atoms with Gasteiger partial charge < -0.3 is 10.5 Å². The number of ether oxygens (including phenoxy) is 1. The van der Waals surface area contributed by atoms with Crippen LogP contribution in [-0.2, 0) is 9.53 Å². The third kappa shape index (κ3) is 2.77. The van der Waals surface area contributed by atoms with E-state index in [0.29, 0.717) is 23.5 Å². The summed E-state index contributed by atoms with van der Waals surface area (Å²) in [6, 6.07) is 1.30. The molecule has 2 aromatic rings. The first-order valence-electron chi connectivity index (χ1n) is 6.30. The van der Waals surface area contributed by atoms with Crippen molar-refractivity contribution in [1.29, 1.82) is 0 Å². The summed E-state index contributed by atoms with van der Waals surface area (Å²) >= 11 is 3.34. The molecule has 0 aromatic carbocycles. The summed E-state index contributed by atoms with van der Waals surface area (Å²) in [5, 5.41) is 0. The third-order valence-corrected chi connectivity index (χ3v) is 3.44. The van der Waals surface area contributed by atoms with Crippen molar-refractivity contribution in [3.63, 3.8) is 0 Å². The van der Waals surface area contributed by atoms with Crippen LogP contribution in [0, 0.1) is 5.92 Å². The largest absolute Gasteiger partial charge is 0.467 e. The number of pyridine rings is 1. The number of carbonyl (C=O) groups excluding carboxylic acids is 1. The number of hydrogen-bond acceptors (Lipinski definition) is 5. The molecule has 0 saturated carbocycles. The smallest absolute Gasteiger partial charge is 0.329 e. The number of hydrogen-bond donors (Lipinski definition) is 1. The lowest BCUT2D eigenvalue weighted by Gasteiger charge is -2.19. The number of rotatable bonds is 4. The number of imidazole rings is 1. The van der Waals surface area contributed by atoms with Crippen molar-refractivity contribution in [2.24, 2.45) is 5.92 Å². The lowest BCUT2D eigenvalue weighted by atomic mass is 10.0. The Morgan fingerprint density at radius 2 is 2.25 bits per heavy atom. The molecule has 1 atom stereocenters. The minimum atomic E-state index is -0.515. The molecular formula is C13H17BrN4O2. The van der Waals surface area contributed by atoms with Crippen LogP contribution in [-0.4, -0.2) is 27.6 Å². The van der Waals surface area contributed by atoms with Gasteiger partial charge in [-0.15, -0.1) is 0 Å². The summed E-state index contributed by atoms with van der Waals surface area (Å²) < 4.78 is 7.34. The summed E-state index contributed by atoms with van der Waals surface area (Å²) in [4.78, 5) is 20.6. The normalized spacial score (nSPS) is 12.8. The molecule has 7 heteroatoms. The summed E-state index contributed by atoms with van der Waals surface area (Å²) in [7, 11) is 1.37. The molecule has 0 saturated heterocycles. The van der Waals surface area contributed by atoms with E-state index in [1.54, 1.807) is 10.8 Å². The van der Waals surface area contributed by atoms with Gasteiger partial charge in [-0.2, -0.15) is 0 Å². The average Bonchev–Trinajstić information content (AvgIpc) is 2.69. The number of nitrogens with two attached hydrogens (primary N) is 1. The first-order valence-corrected chi connectivity index (χ1v) is 7.10. The van der Waals surface area contributed by atoms with E-state index >= 15 is 0 Å². The van der Waals surface area contributed by atoms with E-state index in [4.69, 9.17) is 10.5 Å². The van der Waals surface area contributed by atoms with Gasteiger partial charge in [0, 0.05) is 10.7 Å². The van der Waals surface area contributed by atoms with E-state index in [-0.39, 0.29) is 11.9 Å². The number of fused-ring (bicyclic) bond motifs is 1. The van der Waals surface area contributed by atoms with E-state index in [2.05, 4.69) is 25.9 Å². The average molecular weight is 341 g/mol. The van der Waals surface area contributed by atoms with Gasteiger partial charge in [0.25, 0.3) is 0 Å². The minimum absolute atomic E-state index is 0.265. The highest BCUT2D eigenvalue weighted by Crippen LogP contribution is 2.28. The number of nitrogen functional groups attached to an aromatic ring is 1. The number of aromatic nitrogens is 3. The lowest BCUT2D eigenvalue weighted by molar-refractivity contribution is -0.145. The monoisotopic (exact) mass is 340 g/mol. The van der Waals surface area contributed by atoms with Gasteiger partial charge in [-0.3, -0.25) is 4.57 Å². The minimum Gasteiger partial charge on any atom is -0.467 e. The Morgan fingerprint density at radius 1 is 1.55 bits per heavy atom. The zero-order valence-corrected chi connectivity index (χ0v) is 13.2. The first-order chi connectivity index (χ1) is 9.43. The van der Waals surface area contributed by atoms with Crippen molar-refractivity contribution in [2.75, 3.05) is 12.8 Å². The molecule has 1 unspecified atom stereocenters. The number of nitrogens with zero attached hydrogens (tertiary/aromatic N) is 3. The van der Waals surface area contributed by atoms with Gasteiger partial charge in [-0.1, -0.05) is 13.8 Å². The van der Waals surface area contributed by atoms with Crippen LogP contribution in [0.2, 0.25) is 0 Å². The van der Waals surface area contributed by atoms with Gasteiger partial charge in [-0.25, -0.2) is 14.8 Å². The Hall–Kier alpha value is -1.63. The molecule has 20 heavy (non-hydrogen) atoms. The zero-order valence-electron chi connectivity index (χ0n) is 11.6. The van der Waals surface area contributed by atoms with Crippen molar-refractivity contribution >= 4 is 39.0 Å². The standard InChI is InChI=1S/C13H17BrN4O2/c1-7(2)4-10(12(19)20-3)18-11-9(17-13(18)15)5-8(14)6-16-11/h5-7,10H,4H2,1-3H3,(H2,15,17). The number of esters is 1. The van der Waals surface area contributed by atoms with Gasteiger partial charge in [0.2, 0.25) is 5.95 Å². The summed E-state index contributed by atoms with van der Waals surface area (Å²) in [6.07, 6.45) is 2.27. The van der Waals surface area contributed by atoms with Crippen LogP contribution in [0.4, 0.5) is 5.95 Å². The second kappa shape index (κ2) is 5.78. The second-order valence-electron chi connectivity index (χ2n) is 5.00. The van der Waals surface area contributed by atoms with Crippen LogP contribution in [0.3, 0.4) is 0 Å². The molecule has 0 aliphatic rings. The topological polar surface area (TPSA) is 83.0 Å². The molecule has 0 fully saturated rings. The van der Waals surface area contributed by atoms with Crippen molar-refractivity contribution in [1.82, 2.24) is 14.5 Å². The molecule has 0 spiro atoms. The quantitative estimate of drug-likeness (QED) is 0.864. The molecule has 108 valence electrons. The number of methoxy groups -OCH3 is 1. The molecule has 2 N–H and O–H groups in total. The fraction of sp³-hybridized carbons (Fsp3) is 0.462. The molecular weight excluding hydrogens is 324 g/mol. The predicted molar refractivity (Wildman–Crippen MR) is 80.1 cm³/mol. The highest BCUT2D eigenvalue weighted by molar-refractivity contribution is 9.10. The maximum Gasteiger partial charge on any atom is 0.329 e. The third-order valence-electron chi connectivity index (χ3n) is 3.00. The summed E-state index contributed by atoms with van der Waals surface area (Å²) in [6.45, 7) is 4.07. The lowest BCUT2D eigenvalue weighted by Crippen LogP contribution is -2.24. The SMILES string of the molecule is COC(=O)C(CC(C)C)n1c(N)nc2cc(Br)cnc21. The molecule has 0 bridgehead atoms. The Labute approximate surface area is 125 Å². The molecule has 2 aromatic heterocycles. The van der Waals surface area contributed by atoms with E-state index in [1.807, 2.05) is 19.9 Å². The maximum absolute atomic E-state index is 12.0. The number of carbonyl (C=O) groups is 1. The molecule has 6 nitrogen and oxygen atoms in total. The van der Waals surface area contributed by atoms with Gasteiger partial charge >= 0.3 is 5.97 Å². The highest BCUT2D eigenvalue weighted by Gasteiger charge is 2.27. The van der Waals surface area contributed by atoms with Gasteiger partial charge in [0.05, 0.1) is 7.11 Å². The van der Waals surface area contributed by atoms with E-state index < -0.39 is 6.04 Å². The Balaban J connectivity index is 2.57.